The number of thiazole rings is 1. The van der Waals surface area contributed by atoms with Gasteiger partial charge in [0, 0.05) is 24.5 Å². The topological polar surface area (TPSA) is 93.8 Å². The molecule has 0 spiro atoms. The predicted molar refractivity (Wildman–Crippen MR) is 88.2 cm³/mol. The first-order chi connectivity index (χ1) is 8.96. The van der Waals surface area contributed by atoms with Crippen LogP contribution < -0.4 is 11.1 Å². The molecule has 0 aliphatic heterocycles. The highest BCUT2D eigenvalue weighted by molar-refractivity contribution is 7.16. The van der Waals surface area contributed by atoms with Crippen molar-refractivity contribution in [3.8, 4) is 10.8 Å². The van der Waals surface area contributed by atoms with Crippen molar-refractivity contribution >= 4 is 42.1 Å². The number of nitrogens with zero attached hydrogens (tertiary/aromatic N) is 3. The fraction of sp³-hybridized carbons (Fsp3) is 0.333. The van der Waals surface area contributed by atoms with E-state index < -0.39 is 5.54 Å². The molecule has 0 saturated heterocycles. The monoisotopic (exact) mass is 349 g/mol. The molecule has 2 rings (SSSR count). The van der Waals surface area contributed by atoms with E-state index >= 15 is 0 Å². The highest BCUT2D eigenvalue weighted by atomic mass is 35.5. The fourth-order valence-corrected chi connectivity index (χ4v) is 2.07. The molecule has 0 atom stereocenters. The van der Waals surface area contributed by atoms with Gasteiger partial charge in [-0.15, -0.1) is 36.2 Å². The van der Waals surface area contributed by atoms with Crippen LogP contribution in [0, 0.1) is 0 Å². The smallest absolute Gasteiger partial charge is 0.263 e. The molecule has 0 radical (unpaired) electrons. The lowest BCUT2D eigenvalue weighted by Gasteiger charge is -2.18. The van der Waals surface area contributed by atoms with E-state index in [0.717, 1.165) is 0 Å². The van der Waals surface area contributed by atoms with Crippen LogP contribution in [-0.4, -0.2) is 32.9 Å². The Kier molecular flexibility index (Phi) is 7.73. The van der Waals surface area contributed by atoms with Crippen LogP contribution in [0.3, 0.4) is 0 Å². The zero-order valence-electron chi connectivity index (χ0n) is 11.6. The number of hydrogen-bond donors (Lipinski definition) is 2. The minimum atomic E-state index is -0.439. The van der Waals surface area contributed by atoms with Crippen molar-refractivity contribution in [3.05, 3.63) is 29.5 Å². The van der Waals surface area contributed by atoms with E-state index in [0.29, 0.717) is 22.3 Å². The molecule has 2 aromatic rings. The summed E-state index contributed by atoms with van der Waals surface area (Å²) in [5.74, 6) is 0.337. The largest absolute Gasteiger partial charge is 0.349 e. The summed E-state index contributed by atoms with van der Waals surface area (Å²) < 4.78 is 0. The van der Waals surface area contributed by atoms with Crippen LogP contribution in [0.25, 0.3) is 10.8 Å². The molecule has 0 unspecified atom stereocenters. The normalized spacial score (nSPS) is 10.2. The van der Waals surface area contributed by atoms with E-state index in [1.807, 2.05) is 13.8 Å². The van der Waals surface area contributed by atoms with E-state index in [1.54, 1.807) is 18.5 Å². The minimum absolute atomic E-state index is 0. The highest BCUT2D eigenvalue weighted by Gasteiger charge is 2.16. The van der Waals surface area contributed by atoms with Crippen molar-refractivity contribution in [2.75, 3.05) is 6.54 Å². The summed E-state index contributed by atoms with van der Waals surface area (Å²) in [4.78, 5) is 24.8. The Hall–Kier alpha value is -1.28. The summed E-state index contributed by atoms with van der Waals surface area (Å²) in [6, 6.07) is 1.73. The number of nitrogens with one attached hydrogen (secondary N) is 1. The van der Waals surface area contributed by atoms with Gasteiger partial charge in [0.15, 0.2) is 10.8 Å². The highest BCUT2D eigenvalue weighted by Crippen LogP contribution is 2.21. The molecule has 1 amide bonds. The maximum atomic E-state index is 11.9. The van der Waals surface area contributed by atoms with Gasteiger partial charge in [0.25, 0.3) is 5.91 Å². The molecule has 116 valence electrons. The molecule has 0 saturated carbocycles. The molecule has 6 nitrogen and oxygen atoms in total. The van der Waals surface area contributed by atoms with E-state index in [9.17, 15) is 4.79 Å². The second-order valence-electron chi connectivity index (χ2n) is 4.77. The van der Waals surface area contributed by atoms with Gasteiger partial charge in [0.05, 0.1) is 6.20 Å². The van der Waals surface area contributed by atoms with Gasteiger partial charge in [-0.25, -0.2) is 15.0 Å². The standard InChI is InChI=1S/C12H15N5OS.2ClH/c1-12(2,13)7-17-10(18)8-6-16-11(19-8)9-14-4-3-5-15-9;;/h3-6H,7,13H2,1-2H3,(H,17,18);2*1H. The third-order valence-corrected chi connectivity index (χ3v) is 3.18. The first-order valence-electron chi connectivity index (χ1n) is 5.76. The maximum Gasteiger partial charge on any atom is 0.263 e. The number of aromatic nitrogens is 3. The molecular weight excluding hydrogens is 333 g/mol. The first kappa shape index (κ1) is 19.7. The lowest BCUT2D eigenvalue weighted by Crippen LogP contribution is -2.44. The van der Waals surface area contributed by atoms with Crippen molar-refractivity contribution in [1.29, 1.82) is 0 Å². The molecule has 0 aliphatic rings. The van der Waals surface area contributed by atoms with Crippen molar-refractivity contribution in [1.82, 2.24) is 20.3 Å². The lowest BCUT2D eigenvalue weighted by atomic mass is 10.1. The van der Waals surface area contributed by atoms with Crippen LogP contribution in [0.5, 0.6) is 0 Å². The zero-order chi connectivity index (χ0) is 13.9. The summed E-state index contributed by atoms with van der Waals surface area (Å²) in [7, 11) is 0. The van der Waals surface area contributed by atoms with Crippen LogP contribution in [0.15, 0.2) is 24.7 Å². The Labute approximate surface area is 139 Å². The Balaban J connectivity index is 0.00000200. The summed E-state index contributed by atoms with van der Waals surface area (Å²) >= 11 is 1.26. The molecule has 3 N–H and O–H groups in total. The van der Waals surface area contributed by atoms with E-state index in [1.165, 1.54) is 17.5 Å². The minimum Gasteiger partial charge on any atom is -0.349 e. The zero-order valence-corrected chi connectivity index (χ0v) is 14.0. The van der Waals surface area contributed by atoms with Gasteiger partial charge in [-0.05, 0) is 19.9 Å². The average Bonchev–Trinajstić information content (AvgIpc) is 2.86. The van der Waals surface area contributed by atoms with Gasteiger partial charge < -0.3 is 11.1 Å². The second kappa shape index (κ2) is 8.23. The van der Waals surface area contributed by atoms with Gasteiger partial charge in [-0.3, -0.25) is 4.79 Å². The van der Waals surface area contributed by atoms with Crippen molar-refractivity contribution in [2.45, 2.75) is 19.4 Å². The molecule has 2 aromatic heterocycles. The Morgan fingerprint density at radius 3 is 2.48 bits per heavy atom. The number of carbonyl (C=O) groups is 1. The molecular formula is C12H17Cl2N5OS. The van der Waals surface area contributed by atoms with Gasteiger partial charge in [-0.1, -0.05) is 0 Å². The van der Waals surface area contributed by atoms with Crippen molar-refractivity contribution in [3.63, 3.8) is 0 Å². The molecule has 0 aliphatic carbocycles. The number of nitrogens with two attached hydrogens (primary N) is 1. The Morgan fingerprint density at radius 1 is 1.29 bits per heavy atom. The molecule has 0 bridgehead atoms. The quantitative estimate of drug-likeness (QED) is 0.879. The second-order valence-corrected chi connectivity index (χ2v) is 5.80. The predicted octanol–water partition coefficient (Wildman–Crippen LogP) is 1.91. The molecule has 21 heavy (non-hydrogen) atoms. The molecule has 0 aromatic carbocycles. The number of amides is 1. The van der Waals surface area contributed by atoms with Crippen LogP contribution in [0.4, 0.5) is 0 Å². The summed E-state index contributed by atoms with van der Waals surface area (Å²) in [5, 5.41) is 3.39. The summed E-state index contributed by atoms with van der Waals surface area (Å²) in [5.41, 5.74) is 5.37. The number of carbonyl (C=O) groups excluding carboxylic acids is 1. The van der Waals surface area contributed by atoms with Crippen molar-refractivity contribution in [2.24, 2.45) is 5.73 Å². The molecule has 0 fully saturated rings. The van der Waals surface area contributed by atoms with Gasteiger partial charge >= 0.3 is 0 Å². The fourth-order valence-electron chi connectivity index (χ4n) is 1.29. The summed E-state index contributed by atoms with van der Waals surface area (Å²) in [6.45, 7) is 4.10. The number of rotatable bonds is 4. The van der Waals surface area contributed by atoms with Gasteiger partial charge in [-0.2, -0.15) is 0 Å². The van der Waals surface area contributed by atoms with Gasteiger partial charge in [0.1, 0.15) is 4.88 Å². The van der Waals surface area contributed by atoms with Crippen LogP contribution in [-0.2, 0) is 0 Å². The average molecular weight is 350 g/mol. The molecule has 2 heterocycles. The van der Waals surface area contributed by atoms with Crippen molar-refractivity contribution < 1.29 is 4.79 Å². The van der Waals surface area contributed by atoms with E-state index in [4.69, 9.17) is 5.73 Å². The maximum absolute atomic E-state index is 11.9. The third kappa shape index (κ3) is 5.92. The van der Waals surface area contributed by atoms with Crippen LogP contribution in [0.1, 0.15) is 23.5 Å². The number of hydrogen-bond acceptors (Lipinski definition) is 6. The first-order valence-corrected chi connectivity index (χ1v) is 6.58. The van der Waals surface area contributed by atoms with Crippen LogP contribution >= 0.6 is 36.2 Å². The van der Waals surface area contributed by atoms with Crippen LogP contribution in [0.2, 0.25) is 0 Å². The lowest BCUT2D eigenvalue weighted by molar-refractivity contribution is 0.0950. The third-order valence-electron chi connectivity index (χ3n) is 2.19. The summed E-state index contributed by atoms with van der Waals surface area (Å²) in [6.07, 6.45) is 4.80. The SMILES string of the molecule is CC(C)(N)CNC(=O)c1cnc(-c2ncccn2)s1.Cl.Cl. The van der Waals surface area contributed by atoms with E-state index in [-0.39, 0.29) is 30.7 Å². The Bertz CT molecular complexity index is 571. The van der Waals surface area contributed by atoms with E-state index in [2.05, 4.69) is 20.3 Å². The Morgan fingerprint density at radius 2 is 1.90 bits per heavy atom. The molecule has 9 heteroatoms. The van der Waals surface area contributed by atoms with Gasteiger partial charge in [0.2, 0.25) is 0 Å². The number of halogens is 2.